The summed E-state index contributed by atoms with van der Waals surface area (Å²) in [6.07, 6.45) is 0. The highest BCUT2D eigenvalue weighted by molar-refractivity contribution is 6.32. The summed E-state index contributed by atoms with van der Waals surface area (Å²) in [6.45, 7) is 8.05. The van der Waals surface area contributed by atoms with Crippen LogP contribution in [0.4, 0.5) is 11.4 Å². The van der Waals surface area contributed by atoms with Gasteiger partial charge in [0.05, 0.1) is 23.8 Å². The van der Waals surface area contributed by atoms with Crippen LogP contribution in [-0.2, 0) is 4.94 Å². The molecule has 2 heterocycles. The Bertz CT molecular complexity index is 1290. The molecule has 0 spiro atoms. The van der Waals surface area contributed by atoms with E-state index in [0.29, 0.717) is 22.8 Å². The minimum absolute atomic E-state index is 0.249. The number of hydrogen-bond donors (Lipinski definition) is 0. The monoisotopic (exact) mass is 462 g/mol. The number of amidine groups is 1. The number of fused-ring (bicyclic) bond motifs is 3. The first-order valence-electron chi connectivity index (χ1n) is 10.5. The number of amides is 1. The first-order chi connectivity index (χ1) is 15.8. The van der Waals surface area contributed by atoms with Crippen molar-refractivity contribution in [2.24, 2.45) is 5.16 Å². The number of hydrazine groups is 2. The molecule has 2 aliphatic heterocycles. The summed E-state index contributed by atoms with van der Waals surface area (Å²) < 4.78 is 5.22. The van der Waals surface area contributed by atoms with Crippen LogP contribution in [0.5, 0.6) is 5.75 Å². The first-order valence-corrected chi connectivity index (χ1v) is 10.9. The number of rotatable bonds is 3. The Labute approximate surface area is 197 Å². The SMILES string of the molecule is COc1ccc(C(=O)N2c3ccccc3N3C(c4c(C)c(C)c(Cl)c(C)c4C)=NON23)cc1. The van der Waals surface area contributed by atoms with Gasteiger partial charge in [0.2, 0.25) is 5.84 Å². The molecule has 33 heavy (non-hydrogen) atoms. The van der Waals surface area contributed by atoms with Gasteiger partial charge in [-0.05, 0) is 91.5 Å². The average Bonchev–Trinajstić information content (AvgIpc) is 3.40. The number of ether oxygens (including phenoxy) is 1. The van der Waals surface area contributed by atoms with Crippen LogP contribution < -0.4 is 14.8 Å². The quantitative estimate of drug-likeness (QED) is 0.515. The van der Waals surface area contributed by atoms with Crippen LogP contribution in [-0.4, -0.2) is 24.1 Å². The van der Waals surface area contributed by atoms with Crippen molar-refractivity contribution in [1.29, 1.82) is 0 Å². The van der Waals surface area contributed by atoms with Gasteiger partial charge in [-0.1, -0.05) is 23.7 Å². The fourth-order valence-electron chi connectivity index (χ4n) is 4.27. The molecule has 0 fully saturated rings. The molecule has 0 bridgehead atoms. The summed E-state index contributed by atoms with van der Waals surface area (Å²) in [5.41, 5.74) is 6.95. The molecule has 8 heteroatoms. The Morgan fingerprint density at radius 2 is 1.52 bits per heavy atom. The average molecular weight is 463 g/mol. The van der Waals surface area contributed by atoms with Gasteiger partial charge in [0.1, 0.15) is 5.75 Å². The van der Waals surface area contributed by atoms with Crippen molar-refractivity contribution in [2.45, 2.75) is 27.7 Å². The molecule has 2 aliphatic rings. The van der Waals surface area contributed by atoms with Gasteiger partial charge < -0.3 is 4.74 Å². The van der Waals surface area contributed by atoms with E-state index in [1.165, 1.54) is 10.3 Å². The molecule has 0 saturated carbocycles. The molecule has 5 rings (SSSR count). The largest absolute Gasteiger partial charge is 0.497 e. The van der Waals surface area contributed by atoms with E-state index in [1.54, 1.807) is 31.4 Å². The Morgan fingerprint density at radius 1 is 0.909 bits per heavy atom. The number of carbonyl (C=O) groups excluding carboxylic acids is 1. The Morgan fingerprint density at radius 3 is 2.12 bits per heavy atom. The lowest BCUT2D eigenvalue weighted by Gasteiger charge is -2.25. The Hall–Kier alpha value is -3.55. The summed E-state index contributed by atoms with van der Waals surface area (Å²) in [5, 5.41) is 9.83. The predicted octanol–water partition coefficient (Wildman–Crippen LogP) is 5.49. The second kappa shape index (κ2) is 7.79. The van der Waals surface area contributed by atoms with Gasteiger partial charge in [0, 0.05) is 16.1 Å². The van der Waals surface area contributed by atoms with E-state index >= 15 is 0 Å². The molecule has 0 atom stereocenters. The van der Waals surface area contributed by atoms with Crippen LogP contribution in [0.3, 0.4) is 0 Å². The summed E-state index contributed by atoms with van der Waals surface area (Å²) in [6, 6.07) is 14.6. The summed E-state index contributed by atoms with van der Waals surface area (Å²) >= 11 is 6.56. The zero-order valence-corrected chi connectivity index (χ0v) is 19.8. The number of anilines is 2. The number of hydrogen-bond acceptors (Lipinski definition) is 6. The van der Waals surface area contributed by atoms with Gasteiger partial charge in [-0.25, -0.2) is 0 Å². The fraction of sp³-hybridized carbons (Fsp3) is 0.200. The molecule has 0 aliphatic carbocycles. The number of nitrogens with zero attached hydrogens (tertiary/aromatic N) is 4. The lowest BCUT2D eigenvalue weighted by Crippen LogP contribution is -2.49. The van der Waals surface area contributed by atoms with E-state index in [9.17, 15) is 4.79 Å². The van der Waals surface area contributed by atoms with Gasteiger partial charge in [0.25, 0.3) is 5.91 Å². The second-order valence-electron chi connectivity index (χ2n) is 8.08. The van der Waals surface area contributed by atoms with Crippen molar-refractivity contribution in [2.75, 3.05) is 17.1 Å². The van der Waals surface area contributed by atoms with E-state index < -0.39 is 0 Å². The van der Waals surface area contributed by atoms with Crippen LogP contribution in [0.25, 0.3) is 0 Å². The number of methoxy groups -OCH3 is 1. The Balaban J connectivity index is 1.61. The smallest absolute Gasteiger partial charge is 0.277 e. The van der Waals surface area contributed by atoms with Crippen LogP contribution in [0.2, 0.25) is 5.02 Å². The lowest BCUT2D eigenvalue weighted by molar-refractivity contribution is -0.135. The van der Waals surface area contributed by atoms with Gasteiger partial charge in [0.15, 0.2) is 0 Å². The molecule has 0 radical (unpaired) electrons. The molecule has 0 unspecified atom stereocenters. The molecular weight excluding hydrogens is 440 g/mol. The van der Waals surface area contributed by atoms with Gasteiger partial charge in [-0.3, -0.25) is 9.73 Å². The minimum Gasteiger partial charge on any atom is -0.497 e. The molecule has 3 aromatic rings. The van der Waals surface area contributed by atoms with Crippen molar-refractivity contribution < 1.29 is 14.5 Å². The molecule has 1 amide bonds. The van der Waals surface area contributed by atoms with Crippen molar-refractivity contribution in [3.63, 3.8) is 0 Å². The molecule has 0 saturated heterocycles. The fourth-order valence-corrected chi connectivity index (χ4v) is 4.56. The molecule has 0 N–H and O–H groups in total. The highest BCUT2D eigenvalue weighted by Gasteiger charge is 2.47. The molecule has 0 aromatic heterocycles. The molecule has 3 aromatic carbocycles. The standard InChI is InChI=1S/C25H23ClN4O3/c1-14-16(3)23(26)17(4)15(2)22(14)24-27-33-30-28(24)20-8-6-7-9-21(20)29(30)25(31)18-10-12-19(32-5)13-11-18/h6-13H,1-5H3. The third kappa shape index (κ3) is 3.08. The summed E-state index contributed by atoms with van der Waals surface area (Å²) in [5.74, 6) is 1.03. The van der Waals surface area contributed by atoms with E-state index in [4.69, 9.17) is 21.3 Å². The van der Waals surface area contributed by atoms with Crippen molar-refractivity contribution in [3.05, 3.63) is 86.9 Å². The maximum atomic E-state index is 13.6. The number of halogens is 1. The van der Waals surface area contributed by atoms with Crippen molar-refractivity contribution in [3.8, 4) is 5.75 Å². The maximum Gasteiger partial charge on any atom is 0.277 e. The van der Waals surface area contributed by atoms with Gasteiger partial charge >= 0.3 is 0 Å². The zero-order valence-electron chi connectivity index (χ0n) is 19.0. The summed E-state index contributed by atoms with van der Waals surface area (Å²) in [4.78, 5) is 19.3. The first kappa shape index (κ1) is 21.3. The highest BCUT2D eigenvalue weighted by atomic mass is 35.5. The normalized spacial score (nSPS) is 14.7. The predicted molar refractivity (Wildman–Crippen MR) is 129 cm³/mol. The molecule has 168 valence electrons. The number of para-hydroxylation sites is 2. The maximum absolute atomic E-state index is 13.6. The van der Waals surface area contributed by atoms with E-state index in [-0.39, 0.29) is 5.91 Å². The second-order valence-corrected chi connectivity index (χ2v) is 8.46. The highest BCUT2D eigenvalue weighted by Crippen LogP contribution is 2.44. The third-order valence-corrected chi connectivity index (χ3v) is 6.93. The van der Waals surface area contributed by atoms with Gasteiger partial charge in [-0.15, -0.1) is 0 Å². The molecular formula is C25H23ClN4O3. The van der Waals surface area contributed by atoms with E-state index in [1.807, 2.05) is 57.0 Å². The molecule has 7 nitrogen and oxygen atoms in total. The zero-order chi connectivity index (χ0) is 23.4. The van der Waals surface area contributed by atoms with E-state index in [0.717, 1.165) is 38.5 Å². The summed E-state index contributed by atoms with van der Waals surface area (Å²) in [7, 11) is 1.59. The number of carbonyl (C=O) groups is 1. The lowest BCUT2D eigenvalue weighted by atomic mass is 9.93. The van der Waals surface area contributed by atoms with Crippen LogP contribution >= 0.6 is 11.6 Å². The van der Waals surface area contributed by atoms with Crippen LogP contribution in [0.1, 0.15) is 38.2 Å². The van der Waals surface area contributed by atoms with Crippen LogP contribution in [0.15, 0.2) is 53.7 Å². The van der Waals surface area contributed by atoms with E-state index in [2.05, 4.69) is 5.16 Å². The third-order valence-electron chi connectivity index (χ3n) is 6.37. The minimum atomic E-state index is -0.249. The number of benzene rings is 3. The van der Waals surface area contributed by atoms with Gasteiger partial charge in [-0.2, -0.15) is 10.0 Å². The topological polar surface area (TPSA) is 57.6 Å². The van der Waals surface area contributed by atoms with Crippen molar-refractivity contribution >= 4 is 34.7 Å². The van der Waals surface area contributed by atoms with Crippen molar-refractivity contribution in [1.82, 2.24) is 5.28 Å². The number of oxime groups is 1. The Kier molecular flexibility index (Phi) is 5.03. The van der Waals surface area contributed by atoms with Crippen LogP contribution in [0, 0.1) is 27.7 Å².